The topological polar surface area (TPSA) is 30.7 Å². The zero-order valence-corrected chi connectivity index (χ0v) is 14.5. The van der Waals surface area contributed by atoms with E-state index in [0.717, 1.165) is 22.7 Å². The molecule has 1 aliphatic rings. The van der Waals surface area contributed by atoms with Crippen molar-refractivity contribution in [2.45, 2.75) is 49.8 Å². The van der Waals surface area contributed by atoms with Crippen LogP contribution in [0.2, 0.25) is 5.02 Å². The second-order valence-corrected chi connectivity index (χ2v) is 8.05. The Kier molecular flexibility index (Phi) is 4.67. The summed E-state index contributed by atoms with van der Waals surface area (Å²) >= 11 is 14.5. The number of rotatable bonds is 4. The molecule has 0 radical (unpaired) electrons. The van der Waals surface area contributed by atoms with Crippen molar-refractivity contribution in [3.8, 4) is 0 Å². The number of pyridine rings is 1. The monoisotopic (exact) mass is 343 g/mol. The third-order valence-corrected chi connectivity index (χ3v) is 5.72. The lowest BCUT2D eigenvalue weighted by atomic mass is 10.2. The second-order valence-electron chi connectivity index (χ2n) is 5.44. The van der Waals surface area contributed by atoms with Crippen LogP contribution in [0.4, 0.5) is 0 Å². The van der Waals surface area contributed by atoms with Gasteiger partial charge in [0.2, 0.25) is 0 Å². The van der Waals surface area contributed by atoms with Crippen LogP contribution < -0.4 is 0 Å². The van der Waals surface area contributed by atoms with E-state index in [1.807, 2.05) is 24.8 Å². The van der Waals surface area contributed by atoms with E-state index in [-0.39, 0.29) is 5.38 Å². The number of hydrogen-bond donors (Lipinski definition) is 0. The fourth-order valence-electron chi connectivity index (χ4n) is 3.19. The molecular formula is C15H19Cl2N3S. The van der Waals surface area contributed by atoms with Gasteiger partial charge in [0.1, 0.15) is 11.3 Å². The minimum Gasteiger partial charge on any atom is -0.307 e. The molecule has 0 spiro atoms. The molecule has 3 nitrogen and oxygen atoms in total. The SMILES string of the molecule is CCSC1CCCC1n1c(C(C)Cl)nc2cc(Cl)cnc21. The number of nitrogens with zero attached hydrogens (tertiary/aromatic N) is 3. The van der Waals surface area contributed by atoms with E-state index in [2.05, 4.69) is 21.5 Å². The number of alkyl halides is 1. The molecule has 6 heteroatoms. The van der Waals surface area contributed by atoms with Crippen LogP contribution in [0.25, 0.3) is 11.2 Å². The third-order valence-electron chi connectivity index (χ3n) is 4.01. The Labute approximate surface area is 139 Å². The van der Waals surface area contributed by atoms with Gasteiger partial charge < -0.3 is 4.57 Å². The van der Waals surface area contributed by atoms with Gasteiger partial charge in [-0.2, -0.15) is 11.8 Å². The maximum atomic E-state index is 6.37. The summed E-state index contributed by atoms with van der Waals surface area (Å²) in [6.45, 7) is 4.19. The van der Waals surface area contributed by atoms with E-state index in [1.54, 1.807) is 6.20 Å². The molecule has 1 fully saturated rings. The number of hydrogen-bond acceptors (Lipinski definition) is 3. The smallest absolute Gasteiger partial charge is 0.160 e. The van der Waals surface area contributed by atoms with Gasteiger partial charge in [0.15, 0.2) is 5.65 Å². The van der Waals surface area contributed by atoms with Gasteiger partial charge in [0, 0.05) is 17.5 Å². The lowest BCUT2D eigenvalue weighted by Crippen LogP contribution is -2.19. The van der Waals surface area contributed by atoms with Gasteiger partial charge in [-0.15, -0.1) is 11.6 Å². The van der Waals surface area contributed by atoms with Gasteiger partial charge >= 0.3 is 0 Å². The van der Waals surface area contributed by atoms with Gasteiger partial charge in [0.25, 0.3) is 0 Å². The fraction of sp³-hybridized carbons (Fsp3) is 0.600. The summed E-state index contributed by atoms with van der Waals surface area (Å²) < 4.78 is 2.27. The van der Waals surface area contributed by atoms with Crippen LogP contribution in [-0.4, -0.2) is 25.5 Å². The quantitative estimate of drug-likeness (QED) is 0.712. The van der Waals surface area contributed by atoms with Crippen molar-refractivity contribution < 1.29 is 0 Å². The summed E-state index contributed by atoms with van der Waals surface area (Å²) in [6, 6.07) is 2.31. The molecule has 21 heavy (non-hydrogen) atoms. The summed E-state index contributed by atoms with van der Waals surface area (Å²) in [5.74, 6) is 2.05. The number of halogens is 2. The largest absolute Gasteiger partial charge is 0.307 e. The van der Waals surface area contributed by atoms with Crippen molar-refractivity contribution in [1.29, 1.82) is 0 Å². The Bertz CT molecular complexity index is 641. The zero-order chi connectivity index (χ0) is 15.0. The molecule has 3 atom stereocenters. The lowest BCUT2D eigenvalue weighted by molar-refractivity contribution is 0.516. The van der Waals surface area contributed by atoms with Gasteiger partial charge in [-0.1, -0.05) is 24.9 Å². The van der Waals surface area contributed by atoms with Crippen LogP contribution in [0, 0.1) is 0 Å². The molecule has 3 unspecified atom stereocenters. The van der Waals surface area contributed by atoms with Gasteiger partial charge in [-0.05, 0) is 31.6 Å². The average Bonchev–Trinajstić information content (AvgIpc) is 3.02. The summed E-state index contributed by atoms with van der Waals surface area (Å²) in [5, 5.41) is 1.11. The minimum atomic E-state index is -0.133. The highest BCUT2D eigenvalue weighted by Crippen LogP contribution is 2.41. The molecule has 0 N–H and O–H groups in total. The molecule has 0 saturated heterocycles. The van der Waals surface area contributed by atoms with E-state index in [9.17, 15) is 0 Å². The molecule has 114 valence electrons. The first-order chi connectivity index (χ1) is 10.1. The van der Waals surface area contributed by atoms with Crippen molar-refractivity contribution in [1.82, 2.24) is 14.5 Å². The summed E-state index contributed by atoms with van der Waals surface area (Å²) in [5.41, 5.74) is 1.76. The van der Waals surface area contributed by atoms with Crippen LogP contribution in [0.1, 0.15) is 50.4 Å². The maximum absolute atomic E-state index is 6.37. The molecule has 1 saturated carbocycles. The molecule has 2 heterocycles. The van der Waals surface area contributed by atoms with Gasteiger partial charge in [-0.3, -0.25) is 0 Å². The average molecular weight is 344 g/mol. The molecule has 0 aromatic carbocycles. The van der Waals surface area contributed by atoms with Crippen molar-refractivity contribution in [2.24, 2.45) is 0 Å². The molecular weight excluding hydrogens is 325 g/mol. The first-order valence-corrected chi connectivity index (χ1v) is 9.27. The number of thioether (sulfide) groups is 1. The second kappa shape index (κ2) is 6.35. The molecule has 2 aromatic rings. The zero-order valence-electron chi connectivity index (χ0n) is 12.2. The van der Waals surface area contributed by atoms with Crippen LogP contribution >= 0.6 is 35.0 Å². The van der Waals surface area contributed by atoms with E-state index >= 15 is 0 Å². The van der Waals surface area contributed by atoms with E-state index in [4.69, 9.17) is 23.2 Å². The first kappa shape index (κ1) is 15.4. The third kappa shape index (κ3) is 2.90. The van der Waals surface area contributed by atoms with Crippen LogP contribution in [0.5, 0.6) is 0 Å². The van der Waals surface area contributed by atoms with Crippen molar-refractivity contribution in [2.75, 3.05) is 5.75 Å². The Balaban J connectivity index is 2.13. The Morgan fingerprint density at radius 3 is 3.00 bits per heavy atom. The molecule has 0 amide bonds. The van der Waals surface area contributed by atoms with Crippen LogP contribution in [-0.2, 0) is 0 Å². The maximum Gasteiger partial charge on any atom is 0.160 e. The number of imidazole rings is 1. The van der Waals surface area contributed by atoms with E-state index < -0.39 is 0 Å². The molecule has 2 aromatic heterocycles. The molecule has 3 rings (SSSR count). The Morgan fingerprint density at radius 2 is 2.29 bits per heavy atom. The standard InChI is InChI=1S/C15H19Cl2N3S/c1-3-21-13-6-4-5-12(13)20-14(9(2)16)19-11-7-10(17)8-18-15(11)20/h7-9,12-13H,3-6H2,1-2H3. The van der Waals surface area contributed by atoms with Crippen LogP contribution in [0.3, 0.4) is 0 Å². The Morgan fingerprint density at radius 1 is 1.48 bits per heavy atom. The highest BCUT2D eigenvalue weighted by molar-refractivity contribution is 7.99. The van der Waals surface area contributed by atoms with E-state index in [1.165, 1.54) is 19.3 Å². The fourth-order valence-corrected chi connectivity index (χ4v) is 4.74. The normalized spacial score (nSPS) is 23.8. The summed E-state index contributed by atoms with van der Waals surface area (Å²) in [4.78, 5) is 9.21. The molecule has 0 bridgehead atoms. The summed E-state index contributed by atoms with van der Waals surface area (Å²) in [6.07, 6.45) is 5.38. The van der Waals surface area contributed by atoms with Crippen molar-refractivity contribution in [3.63, 3.8) is 0 Å². The molecule has 0 aliphatic heterocycles. The molecule has 1 aliphatic carbocycles. The van der Waals surface area contributed by atoms with Gasteiger partial charge in [-0.25, -0.2) is 9.97 Å². The van der Waals surface area contributed by atoms with E-state index in [0.29, 0.717) is 16.3 Å². The predicted molar refractivity (Wildman–Crippen MR) is 91.6 cm³/mol. The lowest BCUT2D eigenvalue weighted by Gasteiger charge is -2.23. The highest BCUT2D eigenvalue weighted by Gasteiger charge is 2.32. The number of fused-ring (bicyclic) bond motifs is 1. The highest BCUT2D eigenvalue weighted by atomic mass is 35.5. The predicted octanol–water partition coefficient (Wildman–Crippen LogP) is 5.23. The first-order valence-electron chi connectivity index (χ1n) is 7.40. The Hall–Kier alpha value is -0.450. The van der Waals surface area contributed by atoms with Crippen molar-refractivity contribution in [3.05, 3.63) is 23.1 Å². The van der Waals surface area contributed by atoms with Crippen LogP contribution in [0.15, 0.2) is 12.3 Å². The van der Waals surface area contributed by atoms with Gasteiger partial charge in [0.05, 0.1) is 10.4 Å². The minimum absolute atomic E-state index is 0.133. The van der Waals surface area contributed by atoms with Crippen molar-refractivity contribution >= 4 is 46.1 Å². The summed E-state index contributed by atoms with van der Waals surface area (Å²) in [7, 11) is 0. The number of aromatic nitrogens is 3.